The van der Waals surface area contributed by atoms with Crippen LogP contribution >= 0.6 is 11.8 Å². The number of amides is 2. The van der Waals surface area contributed by atoms with Gasteiger partial charge >= 0.3 is 6.18 Å². The number of allylic oxidation sites excluding steroid dienone is 1. The lowest BCUT2D eigenvalue weighted by atomic mass is 9.92. The van der Waals surface area contributed by atoms with Crippen molar-refractivity contribution >= 4 is 28.7 Å². The number of hydrogen-bond acceptors (Lipinski definition) is 5. The summed E-state index contributed by atoms with van der Waals surface area (Å²) in [6, 6.07) is 4.20. The number of halogens is 3. The van der Waals surface area contributed by atoms with Crippen molar-refractivity contribution in [2.24, 2.45) is 10.9 Å². The molecule has 0 saturated heterocycles. The van der Waals surface area contributed by atoms with Gasteiger partial charge in [0.2, 0.25) is 5.91 Å². The van der Waals surface area contributed by atoms with Crippen LogP contribution < -0.4 is 5.32 Å². The number of carbonyl (C=O) groups excluding carboxylic acids is 2. The number of nitrogens with one attached hydrogen (secondary N) is 1. The Bertz CT molecular complexity index is 1090. The standard InChI is InChI=1S/C25H29F3N4O2S/c1-4-31(5-2)23(34)21-15(3)30-24-32(19(14-35-24)12-20(33)29-13-16-6-7-16)22(21)17-8-10-18(11-9-17)25(26,27)28/h8-11,14,16,22H,4-7,12-13H2,1-3H3,(H,29,33)/t22-/m0/s1. The van der Waals surface area contributed by atoms with Crippen LogP contribution in [0.2, 0.25) is 0 Å². The number of likely N-dealkylation sites (N-methyl/N-ethyl adjacent to an activating group) is 1. The summed E-state index contributed by atoms with van der Waals surface area (Å²) in [5.41, 5.74) is 1.38. The van der Waals surface area contributed by atoms with Gasteiger partial charge in [0.25, 0.3) is 5.91 Å². The summed E-state index contributed by atoms with van der Waals surface area (Å²) in [5, 5.41) is 5.40. The van der Waals surface area contributed by atoms with Crippen LogP contribution in [0.3, 0.4) is 0 Å². The second-order valence-electron chi connectivity index (χ2n) is 8.91. The summed E-state index contributed by atoms with van der Waals surface area (Å²) >= 11 is 1.35. The third kappa shape index (κ3) is 5.42. The minimum atomic E-state index is -4.46. The predicted octanol–water partition coefficient (Wildman–Crippen LogP) is 5.07. The van der Waals surface area contributed by atoms with Gasteiger partial charge < -0.3 is 15.1 Å². The van der Waals surface area contributed by atoms with E-state index in [0.29, 0.717) is 53.3 Å². The van der Waals surface area contributed by atoms with Gasteiger partial charge in [-0.1, -0.05) is 23.9 Å². The Morgan fingerprint density at radius 3 is 2.40 bits per heavy atom. The molecule has 1 N–H and O–H groups in total. The Morgan fingerprint density at radius 2 is 1.83 bits per heavy atom. The van der Waals surface area contributed by atoms with E-state index >= 15 is 0 Å². The van der Waals surface area contributed by atoms with Crippen LogP contribution in [-0.2, 0) is 15.8 Å². The fourth-order valence-corrected chi connectivity index (χ4v) is 5.27. The third-order valence-electron chi connectivity index (χ3n) is 6.46. The van der Waals surface area contributed by atoms with Gasteiger partial charge in [-0.2, -0.15) is 13.2 Å². The van der Waals surface area contributed by atoms with E-state index in [9.17, 15) is 22.8 Å². The molecule has 4 rings (SSSR count). The van der Waals surface area contributed by atoms with Gasteiger partial charge in [-0.05, 0) is 62.6 Å². The van der Waals surface area contributed by atoms with Gasteiger partial charge in [-0.3, -0.25) is 9.59 Å². The molecule has 188 valence electrons. The predicted molar refractivity (Wildman–Crippen MR) is 130 cm³/mol. The average Bonchev–Trinajstić information content (AvgIpc) is 3.57. The second kappa shape index (κ2) is 10.1. The highest BCUT2D eigenvalue weighted by atomic mass is 32.2. The molecule has 2 aliphatic heterocycles. The molecule has 1 aliphatic carbocycles. The summed E-state index contributed by atoms with van der Waals surface area (Å²) in [7, 11) is 0. The zero-order chi connectivity index (χ0) is 25.3. The first-order chi connectivity index (χ1) is 16.6. The monoisotopic (exact) mass is 506 g/mol. The molecule has 1 atom stereocenters. The number of aliphatic imine (C=N–C) groups is 1. The molecule has 10 heteroatoms. The van der Waals surface area contributed by atoms with E-state index in [-0.39, 0.29) is 18.2 Å². The molecule has 0 aromatic heterocycles. The largest absolute Gasteiger partial charge is 0.416 e. The van der Waals surface area contributed by atoms with Gasteiger partial charge in [0, 0.05) is 25.3 Å². The van der Waals surface area contributed by atoms with Crippen molar-refractivity contribution in [2.45, 2.75) is 52.3 Å². The first-order valence-corrected chi connectivity index (χ1v) is 12.7. The number of rotatable bonds is 8. The van der Waals surface area contributed by atoms with E-state index in [4.69, 9.17) is 0 Å². The zero-order valence-corrected chi connectivity index (χ0v) is 20.8. The van der Waals surface area contributed by atoms with Gasteiger partial charge in [0.15, 0.2) is 5.17 Å². The second-order valence-corrected chi connectivity index (χ2v) is 9.75. The SMILES string of the molecule is CCN(CC)C(=O)C1=C(C)N=C2SC=C(CC(=O)NCC3CC3)N2[C@H]1c1ccc(C(F)(F)F)cc1. The van der Waals surface area contributed by atoms with Crippen LogP contribution in [0.15, 0.2) is 51.6 Å². The quantitative estimate of drug-likeness (QED) is 0.535. The first-order valence-electron chi connectivity index (χ1n) is 11.8. The van der Waals surface area contributed by atoms with Crippen LogP contribution in [0.4, 0.5) is 13.2 Å². The van der Waals surface area contributed by atoms with Crippen molar-refractivity contribution in [3.8, 4) is 0 Å². The number of benzene rings is 1. The van der Waals surface area contributed by atoms with E-state index in [1.54, 1.807) is 11.8 Å². The molecular formula is C25H29F3N4O2S. The van der Waals surface area contributed by atoms with Gasteiger partial charge in [0.05, 0.1) is 29.3 Å². The van der Waals surface area contributed by atoms with Crippen molar-refractivity contribution in [2.75, 3.05) is 19.6 Å². The van der Waals surface area contributed by atoms with Crippen LogP contribution in [0.1, 0.15) is 57.2 Å². The number of carbonyl (C=O) groups is 2. The molecule has 1 aromatic carbocycles. The molecule has 2 heterocycles. The van der Waals surface area contributed by atoms with Crippen LogP contribution in [0.5, 0.6) is 0 Å². The molecule has 6 nitrogen and oxygen atoms in total. The van der Waals surface area contributed by atoms with E-state index in [1.807, 2.05) is 24.2 Å². The molecular weight excluding hydrogens is 477 g/mol. The fourth-order valence-electron chi connectivity index (χ4n) is 4.30. The Morgan fingerprint density at radius 1 is 1.17 bits per heavy atom. The highest BCUT2D eigenvalue weighted by Gasteiger charge is 2.42. The van der Waals surface area contributed by atoms with Crippen molar-refractivity contribution in [3.05, 3.63) is 57.8 Å². The van der Waals surface area contributed by atoms with Crippen molar-refractivity contribution in [1.82, 2.24) is 15.1 Å². The minimum absolute atomic E-state index is 0.0989. The average molecular weight is 507 g/mol. The zero-order valence-electron chi connectivity index (χ0n) is 20.0. The molecule has 3 aliphatic rings. The van der Waals surface area contributed by atoms with E-state index in [0.717, 1.165) is 25.0 Å². The maximum Gasteiger partial charge on any atom is 0.416 e. The summed E-state index contributed by atoms with van der Waals surface area (Å²) in [6.45, 7) is 7.13. The van der Waals surface area contributed by atoms with E-state index < -0.39 is 17.8 Å². The highest BCUT2D eigenvalue weighted by Crippen LogP contribution is 2.45. The Labute approximate surface area is 207 Å². The van der Waals surface area contributed by atoms with Gasteiger partial charge in [-0.25, -0.2) is 4.99 Å². The molecule has 1 fully saturated rings. The van der Waals surface area contributed by atoms with Gasteiger partial charge in [-0.15, -0.1) is 0 Å². The third-order valence-corrected chi connectivity index (χ3v) is 7.35. The number of hydrogen-bond donors (Lipinski definition) is 1. The summed E-state index contributed by atoms with van der Waals surface area (Å²) in [4.78, 5) is 34.4. The van der Waals surface area contributed by atoms with E-state index in [2.05, 4.69) is 10.3 Å². The minimum Gasteiger partial charge on any atom is -0.355 e. The maximum atomic E-state index is 13.6. The lowest BCUT2D eigenvalue weighted by Crippen LogP contribution is -2.42. The molecule has 0 spiro atoms. The lowest BCUT2D eigenvalue weighted by Gasteiger charge is -2.38. The van der Waals surface area contributed by atoms with Crippen molar-refractivity contribution in [1.29, 1.82) is 0 Å². The number of alkyl halides is 3. The Hall–Kier alpha value is -2.75. The Balaban J connectivity index is 1.71. The highest BCUT2D eigenvalue weighted by molar-refractivity contribution is 8.16. The van der Waals surface area contributed by atoms with Crippen molar-refractivity contribution in [3.63, 3.8) is 0 Å². The van der Waals surface area contributed by atoms with E-state index in [1.165, 1.54) is 23.9 Å². The normalized spacial score (nSPS) is 19.8. The smallest absolute Gasteiger partial charge is 0.355 e. The van der Waals surface area contributed by atoms with Crippen LogP contribution in [0.25, 0.3) is 0 Å². The van der Waals surface area contributed by atoms with Crippen LogP contribution in [-0.4, -0.2) is 46.4 Å². The lowest BCUT2D eigenvalue weighted by molar-refractivity contribution is -0.137. The number of nitrogens with zero attached hydrogens (tertiary/aromatic N) is 3. The summed E-state index contributed by atoms with van der Waals surface area (Å²) in [6.07, 6.45) is -2.11. The molecule has 0 unspecified atom stereocenters. The molecule has 0 radical (unpaired) electrons. The molecule has 1 aromatic rings. The van der Waals surface area contributed by atoms with Crippen LogP contribution in [0, 0.1) is 5.92 Å². The molecule has 1 saturated carbocycles. The topological polar surface area (TPSA) is 65.0 Å². The fraction of sp³-hybridized carbons (Fsp3) is 0.480. The number of fused-ring (bicyclic) bond motifs is 1. The van der Waals surface area contributed by atoms with Crippen molar-refractivity contribution < 1.29 is 22.8 Å². The summed E-state index contributed by atoms with van der Waals surface area (Å²) < 4.78 is 39.7. The molecule has 35 heavy (non-hydrogen) atoms. The Kier molecular flexibility index (Phi) is 7.30. The molecule has 2 amide bonds. The van der Waals surface area contributed by atoms with Gasteiger partial charge in [0.1, 0.15) is 0 Å². The number of amidine groups is 1. The maximum absolute atomic E-state index is 13.6. The molecule has 0 bridgehead atoms. The summed E-state index contributed by atoms with van der Waals surface area (Å²) in [5.74, 6) is 0.204. The first kappa shape index (κ1) is 25.3. The number of thioether (sulfide) groups is 1.